The number of halogens is 1. The van der Waals surface area contributed by atoms with Crippen LogP contribution >= 0.6 is 24.0 Å². The smallest absolute Gasteiger partial charge is 0.191 e. The molecule has 0 radical (unpaired) electrons. The van der Waals surface area contributed by atoms with Crippen molar-refractivity contribution in [3.05, 3.63) is 18.5 Å². The van der Waals surface area contributed by atoms with Crippen LogP contribution in [-0.4, -0.2) is 59.9 Å². The van der Waals surface area contributed by atoms with Crippen LogP contribution in [0.1, 0.15) is 45.4 Å². The molecule has 0 spiro atoms. The Morgan fingerprint density at radius 3 is 2.84 bits per heavy atom. The Bertz CT molecular complexity index is 462. The molecule has 7 heteroatoms. The average Bonchev–Trinajstić information content (AvgIpc) is 3.13. The van der Waals surface area contributed by atoms with Gasteiger partial charge in [0.1, 0.15) is 0 Å². The minimum Gasteiger partial charge on any atom is -0.356 e. The van der Waals surface area contributed by atoms with Crippen molar-refractivity contribution >= 4 is 29.9 Å². The molecule has 1 atom stereocenters. The summed E-state index contributed by atoms with van der Waals surface area (Å²) in [6.07, 6.45) is 11.4. The molecule has 1 aromatic rings. The minimum absolute atomic E-state index is 0. The second kappa shape index (κ2) is 13.4. The minimum atomic E-state index is 0. The highest BCUT2D eigenvalue weighted by molar-refractivity contribution is 14.0. The standard InChI is InChI=1S/C18H34N6.HI/c1-3-4-12-23-13-6-5-9-17(23)16-21-18(19-2)20-10-7-14-24-15-8-11-22-24;/h8,11,15,17H,3-7,9-10,12-14,16H2,1-2H3,(H2,19,20,21);1H. The second-order valence-corrected chi connectivity index (χ2v) is 6.54. The molecule has 25 heavy (non-hydrogen) atoms. The summed E-state index contributed by atoms with van der Waals surface area (Å²) < 4.78 is 1.96. The molecular formula is C18H35IN6. The van der Waals surface area contributed by atoms with E-state index in [2.05, 4.69) is 32.5 Å². The van der Waals surface area contributed by atoms with Crippen LogP contribution < -0.4 is 10.6 Å². The summed E-state index contributed by atoms with van der Waals surface area (Å²) in [5, 5.41) is 11.1. The largest absolute Gasteiger partial charge is 0.356 e. The fourth-order valence-corrected chi connectivity index (χ4v) is 3.26. The normalized spacial score (nSPS) is 18.6. The van der Waals surface area contributed by atoms with Gasteiger partial charge >= 0.3 is 0 Å². The van der Waals surface area contributed by atoms with Crippen molar-refractivity contribution in [2.45, 2.75) is 58.0 Å². The molecule has 0 bridgehead atoms. The summed E-state index contributed by atoms with van der Waals surface area (Å²) in [6, 6.07) is 2.61. The molecule has 0 amide bonds. The molecule has 2 heterocycles. The van der Waals surface area contributed by atoms with E-state index in [1.165, 1.54) is 45.2 Å². The zero-order valence-corrected chi connectivity index (χ0v) is 18.1. The highest BCUT2D eigenvalue weighted by Gasteiger charge is 2.21. The average molecular weight is 462 g/mol. The number of aryl methyl sites for hydroxylation is 1. The lowest BCUT2D eigenvalue weighted by Crippen LogP contribution is -2.49. The first-order valence-electron chi connectivity index (χ1n) is 9.49. The first-order chi connectivity index (χ1) is 11.8. The SMILES string of the molecule is CCCCN1CCCCC1CNC(=NC)NCCCn1cccn1.I. The molecule has 1 saturated heterocycles. The monoisotopic (exact) mass is 462 g/mol. The molecule has 1 unspecified atom stereocenters. The predicted molar refractivity (Wildman–Crippen MR) is 116 cm³/mol. The molecule has 1 fully saturated rings. The molecule has 6 nitrogen and oxygen atoms in total. The van der Waals surface area contributed by atoms with Crippen molar-refractivity contribution in [3.8, 4) is 0 Å². The van der Waals surface area contributed by atoms with Gasteiger partial charge in [-0.2, -0.15) is 5.10 Å². The van der Waals surface area contributed by atoms with Crippen LogP contribution in [0, 0.1) is 0 Å². The number of aliphatic imine (C=N–C) groups is 1. The lowest BCUT2D eigenvalue weighted by atomic mass is 10.0. The Labute approximate surface area is 169 Å². The van der Waals surface area contributed by atoms with Crippen molar-refractivity contribution < 1.29 is 0 Å². The zero-order chi connectivity index (χ0) is 17.0. The number of guanidine groups is 1. The maximum Gasteiger partial charge on any atom is 0.191 e. The van der Waals surface area contributed by atoms with E-state index in [-0.39, 0.29) is 24.0 Å². The van der Waals surface area contributed by atoms with Gasteiger partial charge in [0.15, 0.2) is 5.96 Å². The van der Waals surface area contributed by atoms with E-state index in [9.17, 15) is 0 Å². The number of rotatable bonds is 9. The summed E-state index contributed by atoms with van der Waals surface area (Å²) in [5.74, 6) is 0.913. The topological polar surface area (TPSA) is 57.5 Å². The summed E-state index contributed by atoms with van der Waals surface area (Å²) in [6.45, 7) is 7.59. The zero-order valence-electron chi connectivity index (χ0n) is 15.8. The third-order valence-electron chi connectivity index (χ3n) is 4.69. The van der Waals surface area contributed by atoms with Crippen LogP contribution in [-0.2, 0) is 6.54 Å². The summed E-state index contributed by atoms with van der Waals surface area (Å²) >= 11 is 0. The Hall–Kier alpha value is -0.830. The number of hydrogen-bond donors (Lipinski definition) is 2. The van der Waals surface area contributed by atoms with Crippen LogP contribution in [0.3, 0.4) is 0 Å². The number of likely N-dealkylation sites (tertiary alicyclic amines) is 1. The van der Waals surface area contributed by atoms with E-state index in [1.807, 2.05) is 30.2 Å². The van der Waals surface area contributed by atoms with Crippen molar-refractivity contribution in [2.24, 2.45) is 4.99 Å². The van der Waals surface area contributed by atoms with Crippen molar-refractivity contribution in [2.75, 3.05) is 33.2 Å². The van der Waals surface area contributed by atoms with Gasteiger partial charge in [-0.15, -0.1) is 24.0 Å². The number of hydrogen-bond acceptors (Lipinski definition) is 3. The van der Waals surface area contributed by atoms with Crippen molar-refractivity contribution in [1.82, 2.24) is 25.3 Å². The molecule has 0 aliphatic carbocycles. The maximum absolute atomic E-state index is 4.35. The van der Waals surface area contributed by atoms with Crippen molar-refractivity contribution in [3.63, 3.8) is 0 Å². The van der Waals surface area contributed by atoms with Crippen LogP contribution in [0.25, 0.3) is 0 Å². The van der Waals surface area contributed by atoms with Gasteiger partial charge in [-0.3, -0.25) is 14.6 Å². The predicted octanol–water partition coefficient (Wildman–Crippen LogP) is 2.71. The molecular weight excluding hydrogens is 427 g/mol. The van der Waals surface area contributed by atoms with Crippen LogP contribution in [0.5, 0.6) is 0 Å². The molecule has 0 aromatic carbocycles. The van der Waals surface area contributed by atoms with E-state index in [0.29, 0.717) is 6.04 Å². The Morgan fingerprint density at radius 2 is 2.12 bits per heavy atom. The van der Waals surface area contributed by atoms with E-state index >= 15 is 0 Å². The summed E-state index contributed by atoms with van der Waals surface area (Å²) in [4.78, 5) is 7.01. The lowest BCUT2D eigenvalue weighted by molar-refractivity contribution is 0.147. The van der Waals surface area contributed by atoms with Gasteiger partial charge < -0.3 is 10.6 Å². The quantitative estimate of drug-likeness (QED) is 0.257. The van der Waals surface area contributed by atoms with Gasteiger partial charge in [0, 0.05) is 45.1 Å². The van der Waals surface area contributed by atoms with Gasteiger partial charge in [0.05, 0.1) is 0 Å². The molecule has 1 aliphatic heterocycles. The van der Waals surface area contributed by atoms with Gasteiger partial charge in [0.25, 0.3) is 0 Å². The van der Waals surface area contributed by atoms with E-state index < -0.39 is 0 Å². The van der Waals surface area contributed by atoms with Gasteiger partial charge in [-0.1, -0.05) is 19.8 Å². The highest BCUT2D eigenvalue weighted by atomic mass is 127. The van der Waals surface area contributed by atoms with Gasteiger partial charge in [-0.25, -0.2) is 0 Å². The second-order valence-electron chi connectivity index (χ2n) is 6.54. The van der Waals surface area contributed by atoms with Gasteiger partial charge in [-0.05, 0) is 44.8 Å². The third kappa shape index (κ3) is 8.40. The molecule has 144 valence electrons. The number of nitrogens with zero attached hydrogens (tertiary/aromatic N) is 4. The molecule has 2 N–H and O–H groups in total. The maximum atomic E-state index is 4.35. The van der Waals surface area contributed by atoms with Crippen LogP contribution in [0.15, 0.2) is 23.5 Å². The Balaban J connectivity index is 0.00000312. The molecule has 1 aromatic heterocycles. The van der Waals surface area contributed by atoms with Crippen LogP contribution in [0.4, 0.5) is 0 Å². The Morgan fingerprint density at radius 1 is 1.24 bits per heavy atom. The fraction of sp³-hybridized carbons (Fsp3) is 0.778. The van der Waals surface area contributed by atoms with Gasteiger partial charge in [0.2, 0.25) is 0 Å². The fourth-order valence-electron chi connectivity index (χ4n) is 3.26. The number of aromatic nitrogens is 2. The lowest BCUT2D eigenvalue weighted by Gasteiger charge is -2.36. The molecule has 0 saturated carbocycles. The van der Waals surface area contributed by atoms with Crippen LogP contribution in [0.2, 0.25) is 0 Å². The first kappa shape index (κ1) is 22.2. The highest BCUT2D eigenvalue weighted by Crippen LogP contribution is 2.16. The Kier molecular flexibility index (Phi) is 11.9. The third-order valence-corrected chi connectivity index (χ3v) is 4.69. The summed E-state index contributed by atoms with van der Waals surface area (Å²) in [5.41, 5.74) is 0. The van der Waals surface area contributed by atoms with Crippen molar-refractivity contribution in [1.29, 1.82) is 0 Å². The van der Waals surface area contributed by atoms with E-state index in [0.717, 1.165) is 32.0 Å². The van der Waals surface area contributed by atoms with E-state index in [1.54, 1.807) is 0 Å². The number of unbranched alkanes of at least 4 members (excludes halogenated alkanes) is 1. The first-order valence-corrected chi connectivity index (χ1v) is 9.49. The number of piperidine rings is 1. The molecule has 1 aliphatic rings. The number of nitrogens with one attached hydrogen (secondary N) is 2. The van der Waals surface area contributed by atoms with E-state index in [4.69, 9.17) is 0 Å². The summed E-state index contributed by atoms with van der Waals surface area (Å²) in [7, 11) is 1.85. The molecule has 2 rings (SSSR count).